The average molecular weight is 417 g/mol. The summed E-state index contributed by atoms with van der Waals surface area (Å²) in [6.45, 7) is 7.15. The van der Waals surface area contributed by atoms with Crippen LogP contribution in [0.4, 0.5) is 4.79 Å². The molecule has 30 heavy (non-hydrogen) atoms. The molecule has 0 N–H and O–H groups in total. The number of hydrogen-bond acceptors (Lipinski definition) is 5. The molecule has 0 radical (unpaired) electrons. The van der Waals surface area contributed by atoms with Crippen molar-refractivity contribution in [2.24, 2.45) is 5.92 Å². The van der Waals surface area contributed by atoms with Gasteiger partial charge in [0.15, 0.2) is 0 Å². The average Bonchev–Trinajstić information content (AvgIpc) is 3.21. The van der Waals surface area contributed by atoms with Gasteiger partial charge in [0, 0.05) is 19.6 Å². The second kappa shape index (κ2) is 9.49. The van der Waals surface area contributed by atoms with Crippen molar-refractivity contribution < 1.29 is 23.9 Å². The molecule has 3 rings (SSSR count). The van der Waals surface area contributed by atoms with Gasteiger partial charge in [0.2, 0.25) is 5.91 Å². The minimum Gasteiger partial charge on any atom is -0.459 e. The van der Waals surface area contributed by atoms with Crippen LogP contribution >= 0.6 is 0 Å². The van der Waals surface area contributed by atoms with Crippen LogP contribution in [0.2, 0.25) is 0 Å². The van der Waals surface area contributed by atoms with Crippen molar-refractivity contribution in [1.82, 2.24) is 9.80 Å². The zero-order valence-corrected chi connectivity index (χ0v) is 18.1. The quantitative estimate of drug-likeness (QED) is 0.704. The molecule has 0 spiro atoms. The second-order valence-electron chi connectivity index (χ2n) is 9.05. The highest BCUT2D eigenvalue weighted by Gasteiger charge is 2.40. The molecule has 2 atom stereocenters. The van der Waals surface area contributed by atoms with E-state index >= 15 is 0 Å². The SMILES string of the molecule is CC(C)(C)OC(=O)N1CCCC(C(=O)N2CCC[C@@H]2C(=O)OCc2ccccc2)C1. The largest absolute Gasteiger partial charge is 0.459 e. The Balaban J connectivity index is 1.57. The molecule has 2 saturated heterocycles. The van der Waals surface area contributed by atoms with Gasteiger partial charge in [-0.15, -0.1) is 0 Å². The fourth-order valence-electron chi connectivity index (χ4n) is 4.01. The Labute approximate surface area is 178 Å². The lowest BCUT2D eigenvalue weighted by atomic mass is 9.96. The predicted octanol–water partition coefficient (Wildman–Crippen LogP) is 3.37. The summed E-state index contributed by atoms with van der Waals surface area (Å²) in [5, 5.41) is 0. The molecular formula is C23H32N2O5. The van der Waals surface area contributed by atoms with Crippen molar-refractivity contribution >= 4 is 18.0 Å². The highest BCUT2D eigenvalue weighted by atomic mass is 16.6. The molecule has 2 aliphatic heterocycles. The Bertz CT molecular complexity index is 759. The molecule has 2 amide bonds. The zero-order chi connectivity index (χ0) is 21.7. The van der Waals surface area contributed by atoms with Crippen molar-refractivity contribution in [3.05, 3.63) is 35.9 Å². The summed E-state index contributed by atoms with van der Waals surface area (Å²) in [5.74, 6) is -0.735. The van der Waals surface area contributed by atoms with Crippen LogP contribution in [0, 0.1) is 5.92 Å². The van der Waals surface area contributed by atoms with E-state index in [0.29, 0.717) is 32.5 Å². The van der Waals surface area contributed by atoms with Crippen LogP contribution in [0.3, 0.4) is 0 Å². The van der Waals surface area contributed by atoms with E-state index in [0.717, 1.165) is 18.4 Å². The van der Waals surface area contributed by atoms with Gasteiger partial charge < -0.3 is 19.3 Å². The summed E-state index contributed by atoms with van der Waals surface area (Å²) in [5.41, 5.74) is 0.346. The minimum absolute atomic E-state index is 0.0672. The lowest BCUT2D eigenvalue weighted by molar-refractivity contribution is -0.156. The Hall–Kier alpha value is -2.57. The number of carbonyl (C=O) groups is 3. The minimum atomic E-state index is -0.573. The van der Waals surface area contributed by atoms with Gasteiger partial charge in [-0.05, 0) is 52.0 Å². The monoisotopic (exact) mass is 416 g/mol. The number of likely N-dealkylation sites (tertiary alicyclic amines) is 2. The highest BCUT2D eigenvalue weighted by Crippen LogP contribution is 2.26. The molecule has 2 heterocycles. The zero-order valence-electron chi connectivity index (χ0n) is 18.1. The molecule has 2 aliphatic rings. The van der Waals surface area contributed by atoms with E-state index in [1.54, 1.807) is 9.80 Å². The summed E-state index contributed by atoms with van der Waals surface area (Å²) in [7, 11) is 0. The maximum atomic E-state index is 13.2. The van der Waals surface area contributed by atoms with E-state index < -0.39 is 11.6 Å². The number of piperidine rings is 1. The number of rotatable bonds is 4. The van der Waals surface area contributed by atoms with E-state index in [-0.39, 0.29) is 30.5 Å². The third-order valence-corrected chi connectivity index (χ3v) is 5.45. The first kappa shape index (κ1) is 22.1. The van der Waals surface area contributed by atoms with Gasteiger partial charge in [0.25, 0.3) is 0 Å². The van der Waals surface area contributed by atoms with Crippen LogP contribution < -0.4 is 0 Å². The van der Waals surface area contributed by atoms with Crippen LogP contribution in [0.25, 0.3) is 0 Å². The maximum absolute atomic E-state index is 13.2. The van der Waals surface area contributed by atoms with Gasteiger partial charge in [0.05, 0.1) is 5.92 Å². The lowest BCUT2D eigenvalue weighted by Gasteiger charge is -2.35. The van der Waals surface area contributed by atoms with Crippen molar-refractivity contribution in [2.45, 2.75) is 64.7 Å². The molecule has 164 valence electrons. The molecule has 0 aliphatic carbocycles. The van der Waals surface area contributed by atoms with Crippen LogP contribution in [-0.4, -0.2) is 59.0 Å². The molecule has 0 saturated carbocycles. The van der Waals surface area contributed by atoms with Gasteiger partial charge in [0.1, 0.15) is 18.2 Å². The fraction of sp³-hybridized carbons (Fsp3) is 0.609. The lowest BCUT2D eigenvalue weighted by Crippen LogP contribution is -2.50. The summed E-state index contributed by atoms with van der Waals surface area (Å²) >= 11 is 0. The van der Waals surface area contributed by atoms with Gasteiger partial charge >= 0.3 is 12.1 Å². The molecule has 1 aromatic rings. The Morgan fingerprint density at radius 1 is 1.03 bits per heavy atom. The number of amides is 2. The summed E-state index contributed by atoms with van der Waals surface area (Å²) < 4.78 is 10.9. The molecule has 7 heteroatoms. The van der Waals surface area contributed by atoms with Gasteiger partial charge in [-0.3, -0.25) is 4.79 Å². The Kier molecular flexibility index (Phi) is 7.00. The van der Waals surface area contributed by atoms with E-state index in [4.69, 9.17) is 9.47 Å². The number of esters is 1. The van der Waals surface area contributed by atoms with Crippen LogP contribution in [0.1, 0.15) is 52.0 Å². The summed E-state index contributed by atoms with van der Waals surface area (Å²) in [6, 6.07) is 8.96. The van der Waals surface area contributed by atoms with Gasteiger partial charge in [-0.25, -0.2) is 9.59 Å². The fourth-order valence-corrected chi connectivity index (χ4v) is 4.01. The van der Waals surface area contributed by atoms with Crippen molar-refractivity contribution in [3.8, 4) is 0 Å². The molecule has 2 fully saturated rings. The third kappa shape index (κ3) is 5.74. The van der Waals surface area contributed by atoms with Crippen LogP contribution in [-0.2, 0) is 25.7 Å². The number of nitrogens with zero attached hydrogens (tertiary/aromatic N) is 2. The van der Waals surface area contributed by atoms with Crippen LogP contribution in [0.15, 0.2) is 30.3 Å². The standard InChI is InChI=1S/C23H32N2O5/c1-23(2,3)30-22(28)24-13-7-11-18(15-24)20(26)25-14-8-12-19(25)21(27)29-16-17-9-5-4-6-10-17/h4-6,9-10,18-19H,7-8,11-16H2,1-3H3/t18?,19-/m1/s1. The predicted molar refractivity (Wildman–Crippen MR) is 112 cm³/mol. The van der Waals surface area contributed by atoms with E-state index in [1.165, 1.54) is 0 Å². The first-order valence-electron chi connectivity index (χ1n) is 10.7. The van der Waals surface area contributed by atoms with Gasteiger partial charge in [-0.1, -0.05) is 30.3 Å². The number of benzene rings is 1. The molecule has 1 aromatic carbocycles. The highest BCUT2D eigenvalue weighted by molar-refractivity contribution is 5.87. The van der Waals surface area contributed by atoms with Crippen molar-refractivity contribution in [1.29, 1.82) is 0 Å². The molecule has 0 bridgehead atoms. The Morgan fingerprint density at radius 3 is 2.43 bits per heavy atom. The molecule has 0 aromatic heterocycles. The van der Waals surface area contributed by atoms with E-state index in [9.17, 15) is 14.4 Å². The topological polar surface area (TPSA) is 76.2 Å². The normalized spacial score (nSPS) is 22.0. The first-order valence-corrected chi connectivity index (χ1v) is 10.7. The number of ether oxygens (including phenoxy) is 2. The third-order valence-electron chi connectivity index (χ3n) is 5.45. The molecular weight excluding hydrogens is 384 g/mol. The van der Waals surface area contributed by atoms with E-state index in [2.05, 4.69) is 0 Å². The van der Waals surface area contributed by atoms with E-state index in [1.807, 2.05) is 51.1 Å². The molecule has 7 nitrogen and oxygen atoms in total. The van der Waals surface area contributed by atoms with Crippen molar-refractivity contribution in [2.75, 3.05) is 19.6 Å². The summed E-state index contributed by atoms with van der Waals surface area (Å²) in [4.78, 5) is 41.5. The molecule has 1 unspecified atom stereocenters. The van der Waals surface area contributed by atoms with Crippen molar-refractivity contribution in [3.63, 3.8) is 0 Å². The second-order valence-corrected chi connectivity index (χ2v) is 9.05. The number of carbonyl (C=O) groups excluding carboxylic acids is 3. The number of hydrogen-bond donors (Lipinski definition) is 0. The first-order chi connectivity index (χ1) is 14.2. The van der Waals surface area contributed by atoms with Gasteiger partial charge in [-0.2, -0.15) is 0 Å². The Morgan fingerprint density at radius 2 is 1.73 bits per heavy atom. The van der Waals surface area contributed by atoms with Crippen LogP contribution in [0.5, 0.6) is 0 Å². The smallest absolute Gasteiger partial charge is 0.410 e. The maximum Gasteiger partial charge on any atom is 0.410 e. The summed E-state index contributed by atoms with van der Waals surface area (Å²) in [6.07, 6.45) is 2.45.